The van der Waals surface area contributed by atoms with Gasteiger partial charge in [0.15, 0.2) is 5.78 Å². The van der Waals surface area contributed by atoms with Crippen molar-refractivity contribution < 1.29 is 22.0 Å². The molecule has 4 rings (SSSR count). The summed E-state index contributed by atoms with van der Waals surface area (Å²) in [7, 11) is 0. The minimum Gasteiger partial charge on any atom is -1.00 e. The summed E-state index contributed by atoms with van der Waals surface area (Å²) < 4.78 is 4.99. The molecule has 0 amide bonds. The van der Waals surface area contributed by atoms with E-state index in [1.54, 1.807) is 33.3 Å². The number of nitrogens with zero attached hydrogens (tertiary/aromatic N) is 4. The monoisotopic (exact) mass is 720 g/mol. The fourth-order valence-corrected chi connectivity index (χ4v) is 3.26. The van der Waals surface area contributed by atoms with Crippen LogP contribution in [-0.2, 0) is 4.79 Å². The summed E-state index contributed by atoms with van der Waals surface area (Å²) in [5, 5.41) is -0.285. The Morgan fingerprint density at radius 3 is 1.46 bits per heavy atom. The van der Waals surface area contributed by atoms with Gasteiger partial charge in [-0.3, -0.25) is 18.7 Å². The number of benzene rings is 2. The molecule has 10 heteroatoms. The molecule has 0 spiro atoms. The van der Waals surface area contributed by atoms with E-state index in [1.165, 1.54) is 0 Å². The summed E-state index contributed by atoms with van der Waals surface area (Å²) in [6, 6.07) is 19.9. The number of para-hydroxylation sites is 2. The van der Waals surface area contributed by atoms with Crippen LogP contribution in [0.4, 0.5) is 0 Å². The van der Waals surface area contributed by atoms with Crippen molar-refractivity contribution in [3.8, 4) is 11.4 Å². The maximum Gasteiger partial charge on any atom is 2.00 e. The Morgan fingerprint density at radius 1 is 0.756 bits per heavy atom. The fourth-order valence-electron chi connectivity index (χ4n) is 2.70. The van der Waals surface area contributed by atoms with Gasteiger partial charge in [0.2, 0.25) is 5.24 Å². The van der Waals surface area contributed by atoms with Crippen molar-refractivity contribution in [2.45, 2.75) is 55.4 Å². The van der Waals surface area contributed by atoms with E-state index in [4.69, 9.17) is 11.6 Å². The van der Waals surface area contributed by atoms with Gasteiger partial charge < -0.3 is 18.8 Å². The second-order valence-corrected chi connectivity index (χ2v) is 12.0. The van der Waals surface area contributed by atoms with Gasteiger partial charge in [-0.2, -0.15) is 13.8 Å². The second-order valence-electron chi connectivity index (χ2n) is 10.6. The number of carbonyl (C=O) groups excluding carboxylic acids is 2. The second kappa shape index (κ2) is 20.2. The average Bonchev–Trinajstić information content (AvgIpc) is 3.54. The normalized spacial score (nSPS) is 10.1. The average molecular weight is 722 g/mol. The Morgan fingerprint density at radius 2 is 1.12 bits per heavy atom. The molecule has 6 nitrogen and oxygen atoms in total. The van der Waals surface area contributed by atoms with E-state index in [0.717, 1.165) is 15.1 Å². The number of aromatic nitrogens is 4. The molecular weight excluding hydrogens is 682 g/mol. The summed E-state index contributed by atoms with van der Waals surface area (Å²) in [5.74, 6) is 0.0962. The molecule has 218 valence electrons. The van der Waals surface area contributed by atoms with Gasteiger partial charge in [-0.25, -0.2) is 9.97 Å². The third kappa shape index (κ3) is 14.8. The maximum absolute atomic E-state index is 12.3. The molecule has 0 aliphatic heterocycles. The van der Waals surface area contributed by atoms with Crippen molar-refractivity contribution in [2.75, 3.05) is 0 Å². The predicted molar refractivity (Wildman–Crippen MR) is 175 cm³/mol. The molecule has 2 aromatic heterocycles. The Kier molecular flexibility index (Phi) is 20.4. The summed E-state index contributed by atoms with van der Waals surface area (Å²) in [6.07, 6.45) is 8.96. The minimum absolute atomic E-state index is 0. The molecule has 4 aromatic rings. The van der Waals surface area contributed by atoms with Crippen LogP contribution in [0.5, 0.6) is 0 Å². The van der Waals surface area contributed by atoms with E-state index >= 15 is 0 Å². The smallest absolute Gasteiger partial charge is 1.00 e. The Labute approximate surface area is 286 Å². The van der Waals surface area contributed by atoms with Gasteiger partial charge in [0.25, 0.3) is 0 Å². The Hall–Kier alpha value is -1.72. The van der Waals surface area contributed by atoms with Gasteiger partial charge in [-0.15, -0.1) is 0 Å². The first-order valence-electron chi connectivity index (χ1n) is 12.5. The van der Waals surface area contributed by atoms with E-state index < -0.39 is 5.41 Å². The van der Waals surface area contributed by atoms with E-state index in [0.29, 0.717) is 5.69 Å². The molecule has 0 bridgehead atoms. The van der Waals surface area contributed by atoms with Crippen molar-refractivity contribution in [3.05, 3.63) is 102 Å². The zero-order valence-corrected chi connectivity index (χ0v) is 30.2. The zero-order chi connectivity index (χ0) is 29.6. The molecule has 0 aliphatic rings. The first kappa shape index (κ1) is 41.4. The molecule has 2 heterocycles. The number of carbonyl (C=O) groups is 2. The summed E-state index contributed by atoms with van der Waals surface area (Å²) in [5.41, 5.74) is 1.97. The van der Waals surface area contributed by atoms with E-state index in [9.17, 15) is 9.59 Å². The van der Waals surface area contributed by atoms with Gasteiger partial charge in [0, 0.05) is 22.2 Å². The van der Waals surface area contributed by atoms with Crippen LogP contribution in [0.2, 0.25) is 0 Å². The van der Waals surface area contributed by atoms with Crippen LogP contribution in [0.3, 0.4) is 0 Å². The van der Waals surface area contributed by atoms with Gasteiger partial charge in [0.05, 0.1) is 18.7 Å². The molecule has 0 atom stereocenters. The van der Waals surface area contributed by atoms with Crippen LogP contribution in [0, 0.1) is 21.0 Å². The zero-order valence-electron chi connectivity index (χ0n) is 25.1. The third-order valence-electron chi connectivity index (χ3n) is 4.80. The molecule has 0 radical (unpaired) electrons. The number of hydrogen-bond donors (Lipinski definition) is 0. The minimum atomic E-state index is -0.396. The molecule has 0 aliphatic carbocycles. The number of halogens is 3. The van der Waals surface area contributed by atoms with Crippen LogP contribution in [0.25, 0.3) is 11.4 Å². The molecular formula is C31H39Cl2IMgN4O2. The van der Waals surface area contributed by atoms with Gasteiger partial charge in [0.1, 0.15) is 15.7 Å². The molecule has 41 heavy (non-hydrogen) atoms. The van der Waals surface area contributed by atoms with E-state index in [2.05, 4.69) is 44.7 Å². The Balaban J connectivity index is 0. The van der Waals surface area contributed by atoms with E-state index in [-0.39, 0.29) is 51.9 Å². The number of ketones is 1. The number of Topliss-reactive ketones (excluding diaryl/α,β-unsaturated/α-hetero) is 1. The largest absolute Gasteiger partial charge is 2.00 e. The van der Waals surface area contributed by atoms with Crippen LogP contribution in [0.1, 0.15) is 65.9 Å². The van der Waals surface area contributed by atoms with Crippen LogP contribution < -0.4 is 12.4 Å². The molecule has 0 saturated carbocycles. The molecule has 0 unspecified atom stereocenters. The van der Waals surface area contributed by atoms with Crippen molar-refractivity contribution in [2.24, 2.45) is 10.8 Å². The molecule has 2 aromatic carbocycles. The topological polar surface area (TPSA) is 69.8 Å². The van der Waals surface area contributed by atoms with Crippen molar-refractivity contribution in [1.29, 1.82) is 0 Å². The maximum atomic E-state index is 12.3. The van der Waals surface area contributed by atoms with Crippen LogP contribution in [0.15, 0.2) is 85.7 Å². The van der Waals surface area contributed by atoms with Gasteiger partial charge >= 0.3 is 23.1 Å². The van der Waals surface area contributed by atoms with Gasteiger partial charge in [-0.05, 0) is 58.5 Å². The number of imidazole rings is 2. The summed E-state index contributed by atoms with van der Waals surface area (Å²) in [4.78, 5) is 30.6. The summed E-state index contributed by atoms with van der Waals surface area (Å²) >= 11 is 7.37. The van der Waals surface area contributed by atoms with Crippen LogP contribution in [-0.4, -0.2) is 53.2 Å². The molecule has 0 saturated heterocycles. The summed E-state index contributed by atoms with van der Waals surface area (Å²) in [6.45, 7) is 15.1. The van der Waals surface area contributed by atoms with Crippen molar-refractivity contribution in [1.82, 2.24) is 19.1 Å². The predicted octanol–water partition coefficient (Wildman–Crippen LogP) is 5.23. The van der Waals surface area contributed by atoms with Crippen molar-refractivity contribution >= 4 is 68.3 Å². The standard InChI is InChI=1S/C14H16N2O.C9H7IN2.C5H9ClO.C3H7.ClH.Mg/c1-14(2,3)13(17)12-9-15-10-16(12)11-7-5-4-6-8-11;10-9-6-11-7-12(9)8-4-2-1-3-5-8;1-5(2,3)4(6)7;1-3-2;;/h4-10H,1-3H3;1-7H;1-3H3;3H,1-2H3;1H;/q;;;-1;;+2/p-1. The fraction of sp³-hybridized carbons (Fsp3) is 0.323. The van der Waals surface area contributed by atoms with Crippen LogP contribution >= 0.6 is 34.2 Å². The third-order valence-corrected chi connectivity index (χ3v) is 6.17. The SMILES string of the molecule is CC(C)(C)C(=O)Cl.CC(C)(C)C(=O)c1cncn1-c1ccccc1.C[CH-]C.Ic1cncn1-c1ccccc1.[Cl-].[Mg+2]. The molecule has 0 N–H and O–H groups in total. The van der Waals surface area contributed by atoms with Gasteiger partial charge in [-0.1, -0.05) is 77.9 Å². The number of hydrogen-bond acceptors (Lipinski definition) is 4. The first-order valence-corrected chi connectivity index (χ1v) is 14.0. The number of rotatable bonds is 3. The van der Waals surface area contributed by atoms with Crippen molar-refractivity contribution in [3.63, 3.8) is 0 Å². The quantitative estimate of drug-likeness (QED) is 0.0957. The first-order chi connectivity index (χ1) is 18.2. The Bertz CT molecular complexity index is 1280. The van der Waals surface area contributed by atoms with E-state index in [1.807, 2.05) is 111 Å². The molecule has 0 fully saturated rings.